The molecule has 1 atom stereocenters. The molecule has 468 valence electrons. The molecule has 0 rings (SSSR count). The van der Waals surface area contributed by atoms with Crippen LogP contribution >= 0.6 is 0 Å². The van der Waals surface area contributed by atoms with Crippen LogP contribution in [0.15, 0.2) is 48.6 Å². The van der Waals surface area contributed by atoms with Crippen molar-refractivity contribution in [2.45, 2.75) is 393 Å². The first-order valence-corrected chi connectivity index (χ1v) is 35.6. The molecule has 0 saturated carbocycles. The molecule has 0 bridgehead atoms. The quantitative estimate of drug-likeness (QED) is 0.0261. The maximum Gasteiger partial charge on any atom is 0.306 e. The standard InChI is InChI=1S/C74H136O6/c1-4-7-10-13-16-19-22-25-28-31-33-35-36-37-39-40-43-46-49-52-55-58-61-64-67-73(76)79-70-71(69-78-72(75)66-63-60-57-54-51-48-45-42-30-27-24-21-18-15-12-9-6-3)80-74(77)68-65-62-59-56-53-50-47-44-41-38-34-32-29-26-23-20-17-14-11-8-5-2/h8,11,17,20,26,29,34,38,71H,4-7,9-10,12-16,18-19,21-25,27-28,30-33,35-37,39-70H2,1-3H3/b11-8-,20-17-,29-26-,38-34-. The summed E-state index contributed by atoms with van der Waals surface area (Å²) < 4.78 is 17.0. The molecule has 0 amide bonds. The lowest BCUT2D eigenvalue weighted by atomic mass is 10.0. The van der Waals surface area contributed by atoms with Gasteiger partial charge in [-0.25, -0.2) is 0 Å². The van der Waals surface area contributed by atoms with Gasteiger partial charge in [0.2, 0.25) is 0 Å². The highest BCUT2D eigenvalue weighted by Crippen LogP contribution is 2.19. The zero-order valence-electron chi connectivity index (χ0n) is 53.9. The minimum Gasteiger partial charge on any atom is -0.462 e. The van der Waals surface area contributed by atoms with E-state index in [1.807, 2.05) is 0 Å². The van der Waals surface area contributed by atoms with Crippen LogP contribution in [0.25, 0.3) is 0 Å². The summed E-state index contributed by atoms with van der Waals surface area (Å²) in [4.78, 5) is 38.5. The Morgan fingerprint density at radius 1 is 0.263 bits per heavy atom. The summed E-state index contributed by atoms with van der Waals surface area (Å²) in [6.45, 7) is 6.60. The minimum absolute atomic E-state index is 0.0708. The fourth-order valence-electron chi connectivity index (χ4n) is 10.8. The first kappa shape index (κ1) is 77.4. The van der Waals surface area contributed by atoms with Crippen LogP contribution in [0.5, 0.6) is 0 Å². The largest absolute Gasteiger partial charge is 0.462 e. The van der Waals surface area contributed by atoms with Gasteiger partial charge in [0.25, 0.3) is 0 Å². The number of unbranched alkanes of at least 4 members (excludes halogenated alkanes) is 47. The fourth-order valence-corrected chi connectivity index (χ4v) is 10.8. The molecule has 0 aromatic rings. The van der Waals surface area contributed by atoms with Crippen molar-refractivity contribution in [3.05, 3.63) is 48.6 Å². The third kappa shape index (κ3) is 66.2. The molecule has 0 saturated heterocycles. The molecule has 0 aliphatic rings. The maximum absolute atomic E-state index is 13.0. The van der Waals surface area contributed by atoms with Crippen molar-refractivity contribution >= 4 is 17.9 Å². The molecule has 0 fully saturated rings. The normalized spacial score (nSPS) is 12.3. The first-order valence-electron chi connectivity index (χ1n) is 35.6. The van der Waals surface area contributed by atoms with Crippen molar-refractivity contribution < 1.29 is 28.6 Å². The summed E-state index contributed by atoms with van der Waals surface area (Å²) in [5, 5.41) is 0. The summed E-state index contributed by atoms with van der Waals surface area (Å²) in [6, 6.07) is 0. The zero-order valence-corrected chi connectivity index (χ0v) is 53.9. The predicted octanol–water partition coefficient (Wildman–Crippen LogP) is 24.5. The number of esters is 3. The Kier molecular flexibility index (Phi) is 66.6. The summed E-state index contributed by atoms with van der Waals surface area (Å²) in [5.41, 5.74) is 0. The Morgan fingerprint density at radius 3 is 0.762 bits per heavy atom. The van der Waals surface area contributed by atoms with Gasteiger partial charge in [0.05, 0.1) is 0 Å². The van der Waals surface area contributed by atoms with Crippen molar-refractivity contribution in [3.63, 3.8) is 0 Å². The number of rotatable bonds is 66. The van der Waals surface area contributed by atoms with Gasteiger partial charge in [-0.05, 0) is 57.8 Å². The second-order valence-corrected chi connectivity index (χ2v) is 24.1. The molecule has 6 heteroatoms. The van der Waals surface area contributed by atoms with Crippen LogP contribution in [-0.2, 0) is 28.6 Å². The van der Waals surface area contributed by atoms with Crippen molar-refractivity contribution in [3.8, 4) is 0 Å². The molecule has 0 aromatic carbocycles. The Balaban J connectivity index is 4.30. The van der Waals surface area contributed by atoms with Gasteiger partial charge >= 0.3 is 17.9 Å². The monoisotopic (exact) mass is 1120 g/mol. The van der Waals surface area contributed by atoms with Crippen LogP contribution in [0.3, 0.4) is 0 Å². The van der Waals surface area contributed by atoms with E-state index in [2.05, 4.69) is 69.4 Å². The fraction of sp³-hybridized carbons (Fsp3) is 0.851. The first-order chi connectivity index (χ1) is 39.5. The van der Waals surface area contributed by atoms with Crippen LogP contribution in [0, 0.1) is 0 Å². The van der Waals surface area contributed by atoms with Gasteiger partial charge in [-0.1, -0.05) is 358 Å². The molecule has 0 aliphatic carbocycles. The summed E-state index contributed by atoms with van der Waals surface area (Å²) in [5.74, 6) is -0.848. The van der Waals surface area contributed by atoms with Crippen LogP contribution < -0.4 is 0 Å². The van der Waals surface area contributed by atoms with E-state index in [0.717, 1.165) is 89.9 Å². The third-order valence-corrected chi connectivity index (χ3v) is 16.1. The van der Waals surface area contributed by atoms with Crippen molar-refractivity contribution in [2.75, 3.05) is 13.2 Å². The lowest BCUT2D eigenvalue weighted by Gasteiger charge is -2.18. The Morgan fingerprint density at radius 2 is 0.487 bits per heavy atom. The second kappa shape index (κ2) is 68.9. The van der Waals surface area contributed by atoms with Gasteiger partial charge in [0.1, 0.15) is 13.2 Å². The summed E-state index contributed by atoms with van der Waals surface area (Å²) >= 11 is 0. The highest BCUT2D eigenvalue weighted by atomic mass is 16.6. The van der Waals surface area contributed by atoms with E-state index in [9.17, 15) is 14.4 Å². The molecular formula is C74H136O6. The van der Waals surface area contributed by atoms with Gasteiger partial charge < -0.3 is 14.2 Å². The number of carbonyl (C=O) groups excluding carboxylic acids is 3. The van der Waals surface area contributed by atoms with E-state index < -0.39 is 6.10 Å². The Labute approximate surface area is 498 Å². The molecule has 0 aromatic heterocycles. The molecule has 0 radical (unpaired) electrons. The average molecular weight is 1120 g/mol. The number of allylic oxidation sites excluding steroid dienone is 8. The molecule has 0 aliphatic heterocycles. The van der Waals surface area contributed by atoms with Crippen LogP contribution in [0.1, 0.15) is 387 Å². The van der Waals surface area contributed by atoms with Crippen molar-refractivity contribution in [1.82, 2.24) is 0 Å². The van der Waals surface area contributed by atoms with Gasteiger partial charge in [0.15, 0.2) is 6.10 Å². The van der Waals surface area contributed by atoms with E-state index in [1.54, 1.807) is 0 Å². The van der Waals surface area contributed by atoms with Crippen LogP contribution in [-0.4, -0.2) is 37.2 Å². The molecular weight excluding hydrogens is 985 g/mol. The Bertz CT molecular complexity index is 1380. The maximum atomic E-state index is 13.0. The highest BCUT2D eigenvalue weighted by molar-refractivity contribution is 5.71. The van der Waals surface area contributed by atoms with E-state index in [1.165, 1.54) is 257 Å². The SMILES string of the molecule is CC/C=C\C/C=C\C/C=C\C/C=C\CCCCCCCCCCC(=O)OC(COC(=O)CCCCCCCCCCCCCCCCCCC)COC(=O)CCCCCCCCCCCCCCCCCCCCCCCCCC. The number of carbonyl (C=O) groups is 3. The van der Waals surface area contributed by atoms with Crippen molar-refractivity contribution in [1.29, 1.82) is 0 Å². The van der Waals surface area contributed by atoms with E-state index >= 15 is 0 Å². The molecule has 1 unspecified atom stereocenters. The molecule has 6 nitrogen and oxygen atoms in total. The van der Waals surface area contributed by atoms with Crippen LogP contribution in [0.2, 0.25) is 0 Å². The molecule has 80 heavy (non-hydrogen) atoms. The van der Waals surface area contributed by atoms with Crippen molar-refractivity contribution in [2.24, 2.45) is 0 Å². The third-order valence-electron chi connectivity index (χ3n) is 16.1. The molecule has 0 N–H and O–H groups in total. The van der Waals surface area contributed by atoms with E-state index in [-0.39, 0.29) is 31.1 Å². The number of hydrogen-bond donors (Lipinski definition) is 0. The zero-order chi connectivity index (χ0) is 57.8. The average Bonchev–Trinajstić information content (AvgIpc) is 3.46. The highest BCUT2D eigenvalue weighted by Gasteiger charge is 2.19. The molecule has 0 spiro atoms. The van der Waals surface area contributed by atoms with Gasteiger partial charge in [0, 0.05) is 19.3 Å². The van der Waals surface area contributed by atoms with E-state index in [0.29, 0.717) is 19.3 Å². The van der Waals surface area contributed by atoms with Gasteiger partial charge in [-0.15, -0.1) is 0 Å². The van der Waals surface area contributed by atoms with Gasteiger partial charge in [-0.3, -0.25) is 14.4 Å². The summed E-state index contributed by atoms with van der Waals surface area (Å²) in [7, 11) is 0. The Hall–Kier alpha value is -2.63. The number of hydrogen-bond acceptors (Lipinski definition) is 6. The smallest absolute Gasteiger partial charge is 0.306 e. The lowest BCUT2D eigenvalue weighted by molar-refractivity contribution is -0.167. The topological polar surface area (TPSA) is 78.9 Å². The lowest BCUT2D eigenvalue weighted by Crippen LogP contribution is -2.30. The number of ether oxygens (including phenoxy) is 3. The summed E-state index contributed by atoms with van der Waals surface area (Å²) in [6.07, 6.45) is 87.1. The molecule has 0 heterocycles. The second-order valence-electron chi connectivity index (χ2n) is 24.1. The predicted molar refractivity (Wildman–Crippen MR) is 349 cm³/mol. The van der Waals surface area contributed by atoms with E-state index in [4.69, 9.17) is 14.2 Å². The van der Waals surface area contributed by atoms with Crippen LogP contribution in [0.4, 0.5) is 0 Å². The van der Waals surface area contributed by atoms with Gasteiger partial charge in [-0.2, -0.15) is 0 Å². The minimum atomic E-state index is -0.776.